The Kier molecular flexibility index (Phi) is 5.19. The van der Waals surface area contributed by atoms with Gasteiger partial charge in [0.25, 0.3) is 0 Å². The number of hydrogen-bond acceptors (Lipinski definition) is 5. The molecule has 92 valence electrons. The van der Waals surface area contributed by atoms with E-state index in [1.165, 1.54) is 27.2 Å². The van der Waals surface area contributed by atoms with E-state index in [0.29, 0.717) is 0 Å². The Bertz CT molecular complexity index is 416. The summed E-state index contributed by atoms with van der Waals surface area (Å²) in [7, 11) is 3.05. The molecule has 0 heterocycles. The van der Waals surface area contributed by atoms with Gasteiger partial charge in [0.1, 0.15) is 0 Å². The SMILES string of the molecule is CONc1ccc(C=CC(C)=O)cc1NOC. The van der Waals surface area contributed by atoms with Crippen LogP contribution < -0.4 is 11.0 Å². The van der Waals surface area contributed by atoms with Crippen LogP contribution in [0, 0.1) is 0 Å². The number of hydrogen-bond donors (Lipinski definition) is 2. The highest BCUT2D eigenvalue weighted by Gasteiger charge is 2.02. The number of ketones is 1. The van der Waals surface area contributed by atoms with E-state index in [9.17, 15) is 4.79 Å². The molecule has 1 rings (SSSR count). The molecule has 2 N–H and O–H groups in total. The second kappa shape index (κ2) is 6.67. The maximum atomic E-state index is 10.8. The van der Waals surface area contributed by atoms with Gasteiger partial charge in [-0.3, -0.25) is 25.4 Å². The van der Waals surface area contributed by atoms with Gasteiger partial charge in [0.05, 0.1) is 25.6 Å². The molecule has 1 aromatic carbocycles. The van der Waals surface area contributed by atoms with Crippen molar-refractivity contribution in [2.24, 2.45) is 0 Å². The first-order valence-corrected chi connectivity index (χ1v) is 5.08. The Balaban J connectivity index is 2.95. The molecule has 0 bridgehead atoms. The second-order valence-corrected chi connectivity index (χ2v) is 3.36. The monoisotopic (exact) mass is 236 g/mol. The molecule has 0 fully saturated rings. The van der Waals surface area contributed by atoms with Crippen LogP contribution in [-0.2, 0) is 14.5 Å². The molecule has 5 nitrogen and oxygen atoms in total. The van der Waals surface area contributed by atoms with Crippen LogP contribution >= 0.6 is 0 Å². The lowest BCUT2D eigenvalue weighted by molar-refractivity contribution is -0.112. The molecule has 5 heteroatoms. The summed E-state index contributed by atoms with van der Waals surface area (Å²) in [5, 5.41) is 0. The molecule has 0 aromatic heterocycles. The molecular weight excluding hydrogens is 220 g/mol. The molecular formula is C12H16N2O3. The van der Waals surface area contributed by atoms with Crippen LogP contribution in [0.4, 0.5) is 11.4 Å². The molecule has 0 aliphatic heterocycles. The van der Waals surface area contributed by atoms with Crippen LogP contribution in [0.1, 0.15) is 12.5 Å². The van der Waals surface area contributed by atoms with Gasteiger partial charge in [-0.25, -0.2) is 0 Å². The van der Waals surface area contributed by atoms with Gasteiger partial charge in [0, 0.05) is 0 Å². The Labute approximate surface area is 100 Å². The Hall–Kier alpha value is -1.85. The molecule has 1 aromatic rings. The van der Waals surface area contributed by atoms with E-state index in [4.69, 9.17) is 9.68 Å². The van der Waals surface area contributed by atoms with Crippen molar-refractivity contribution in [2.45, 2.75) is 6.92 Å². The fraction of sp³-hybridized carbons (Fsp3) is 0.250. The summed E-state index contributed by atoms with van der Waals surface area (Å²) in [4.78, 5) is 20.5. The average molecular weight is 236 g/mol. The predicted octanol–water partition coefficient (Wildman–Crippen LogP) is 2.24. The number of carbonyl (C=O) groups excluding carboxylic acids is 1. The average Bonchev–Trinajstić information content (AvgIpc) is 2.30. The zero-order chi connectivity index (χ0) is 12.7. The topological polar surface area (TPSA) is 59.6 Å². The number of allylic oxidation sites excluding steroid dienone is 1. The molecule has 17 heavy (non-hydrogen) atoms. The first kappa shape index (κ1) is 13.2. The van der Waals surface area contributed by atoms with Crippen molar-refractivity contribution in [3.8, 4) is 0 Å². The summed E-state index contributed by atoms with van der Waals surface area (Å²) in [6.45, 7) is 1.51. The molecule has 0 saturated carbocycles. The molecule has 0 spiro atoms. The molecule has 0 aliphatic rings. The van der Waals surface area contributed by atoms with Crippen molar-refractivity contribution in [1.29, 1.82) is 0 Å². The lowest BCUT2D eigenvalue weighted by atomic mass is 10.1. The maximum Gasteiger partial charge on any atom is 0.152 e. The third-order valence-corrected chi connectivity index (χ3v) is 1.98. The van der Waals surface area contributed by atoms with Crippen molar-refractivity contribution in [3.63, 3.8) is 0 Å². The lowest BCUT2D eigenvalue weighted by Crippen LogP contribution is -2.03. The third-order valence-electron chi connectivity index (χ3n) is 1.98. The Morgan fingerprint density at radius 3 is 2.41 bits per heavy atom. The summed E-state index contributed by atoms with van der Waals surface area (Å²) >= 11 is 0. The van der Waals surface area contributed by atoms with E-state index < -0.39 is 0 Å². The van der Waals surface area contributed by atoms with Gasteiger partial charge in [-0.05, 0) is 30.7 Å². The van der Waals surface area contributed by atoms with Crippen LogP contribution in [0.25, 0.3) is 6.08 Å². The van der Waals surface area contributed by atoms with Gasteiger partial charge in [0.15, 0.2) is 5.78 Å². The van der Waals surface area contributed by atoms with Gasteiger partial charge in [-0.1, -0.05) is 12.1 Å². The zero-order valence-corrected chi connectivity index (χ0v) is 10.1. The van der Waals surface area contributed by atoms with Crippen LogP contribution in [0.5, 0.6) is 0 Å². The summed E-state index contributed by atoms with van der Waals surface area (Å²) < 4.78 is 0. The van der Waals surface area contributed by atoms with E-state index in [-0.39, 0.29) is 5.78 Å². The lowest BCUT2D eigenvalue weighted by Gasteiger charge is -2.11. The summed E-state index contributed by atoms with van der Waals surface area (Å²) in [6, 6.07) is 5.52. The van der Waals surface area contributed by atoms with E-state index in [1.807, 2.05) is 18.2 Å². The van der Waals surface area contributed by atoms with Crippen molar-refractivity contribution in [1.82, 2.24) is 0 Å². The number of benzene rings is 1. The van der Waals surface area contributed by atoms with Crippen LogP contribution in [0.3, 0.4) is 0 Å². The fourth-order valence-electron chi connectivity index (χ4n) is 1.27. The minimum absolute atomic E-state index is 0.00495. The van der Waals surface area contributed by atoms with Crippen molar-refractivity contribution >= 4 is 23.2 Å². The zero-order valence-electron chi connectivity index (χ0n) is 10.1. The van der Waals surface area contributed by atoms with E-state index in [2.05, 4.69) is 11.0 Å². The predicted molar refractivity (Wildman–Crippen MR) is 67.4 cm³/mol. The highest BCUT2D eigenvalue weighted by molar-refractivity contribution is 5.91. The smallest absolute Gasteiger partial charge is 0.152 e. The summed E-state index contributed by atoms with van der Waals surface area (Å²) in [5.74, 6) is 0.00495. The Morgan fingerprint density at radius 1 is 1.18 bits per heavy atom. The molecule has 0 atom stereocenters. The number of nitrogens with one attached hydrogen (secondary N) is 2. The van der Waals surface area contributed by atoms with Crippen LogP contribution in [0.2, 0.25) is 0 Å². The van der Waals surface area contributed by atoms with Crippen molar-refractivity contribution in [2.75, 3.05) is 25.2 Å². The standard InChI is InChI=1S/C12H16N2O3/c1-9(15)4-5-10-6-7-11(13-16-2)12(8-10)14-17-3/h4-8,13-14H,1-3H3. The number of rotatable bonds is 6. The summed E-state index contributed by atoms with van der Waals surface area (Å²) in [6.07, 6.45) is 3.25. The first-order chi connectivity index (χ1) is 8.17. The molecule has 0 unspecified atom stereocenters. The largest absolute Gasteiger partial charge is 0.295 e. The van der Waals surface area contributed by atoms with Crippen LogP contribution in [0.15, 0.2) is 24.3 Å². The maximum absolute atomic E-state index is 10.8. The van der Waals surface area contributed by atoms with E-state index >= 15 is 0 Å². The minimum atomic E-state index is 0.00495. The molecule has 0 amide bonds. The third kappa shape index (κ3) is 4.26. The van der Waals surface area contributed by atoms with Crippen molar-refractivity contribution in [3.05, 3.63) is 29.8 Å². The molecule has 0 saturated heterocycles. The first-order valence-electron chi connectivity index (χ1n) is 5.08. The van der Waals surface area contributed by atoms with Gasteiger partial charge in [0.2, 0.25) is 0 Å². The quantitative estimate of drug-likeness (QED) is 0.586. The number of anilines is 2. The van der Waals surface area contributed by atoms with E-state index in [1.54, 1.807) is 6.08 Å². The highest BCUT2D eigenvalue weighted by atomic mass is 16.6. The summed E-state index contributed by atoms with van der Waals surface area (Å²) in [5.41, 5.74) is 7.80. The second-order valence-electron chi connectivity index (χ2n) is 3.36. The van der Waals surface area contributed by atoms with Gasteiger partial charge in [-0.15, -0.1) is 0 Å². The van der Waals surface area contributed by atoms with Gasteiger partial charge < -0.3 is 0 Å². The van der Waals surface area contributed by atoms with E-state index in [0.717, 1.165) is 16.9 Å². The van der Waals surface area contributed by atoms with Crippen LogP contribution in [-0.4, -0.2) is 20.0 Å². The molecule has 0 aliphatic carbocycles. The van der Waals surface area contributed by atoms with Gasteiger partial charge in [-0.2, -0.15) is 0 Å². The molecule has 0 radical (unpaired) electrons. The Morgan fingerprint density at radius 2 is 1.82 bits per heavy atom. The highest BCUT2D eigenvalue weighted by Crippen LogP contribution is 2.23. The fourth-order valence-corrected chi connectivity index (χ4v) is 1.27. The van der Waals surface area contributed by atoms with Gasteiger partial charge >= 0.3 is 0 Å². The minimum Gasteiger partial charge on any atom is -0.295 e. The number of carbonyl (C=O) groups is 1. The normalized spacial score (nSPS) is 10.5. The van der Waals surface area contributed by atoms with Crippen molar-refractivity contribution < 1.29 is 14.5 Å².